The Morgan fingerprint density at radius 2 is 0.840 bits per heavy atom. The van der Waals surface area contributed by atoms with Crippen LogP contribution in [0.15, 0.2) is 0 Å². The quantitative estimate of drug-likeness (QED) is 0.266. The van der Waals surface area contributed by atoms with Crippen molar-refractivity contribution in [2.45, 2.75) is 63.6 Å². The Balaban J connectivity index is 0.000000348. The highest BCUT2D eigenvalue weighted by Crippen LogP contribution is 2.12. The predicted octanol–water partition coefficient (Wildman–Crippen LogP) is 0.863. The lowest BCUT2D eigenvalue weighted by atomic mass is 10.2. The van der Waals surface area contributed by atoms with Gasteiger partial charge in [0.1, 0.15) is 12.2 Å². The minimum absolute atomic E-state index is 0.283. The van der Waals surface area contributed by atoms with E-state index in [-0.39, 0.29) is 26.4 Å². The van der Waals surface area contributed by atoms with Gasteiger partial charge >= 0.3 is 0 Å². The van der Waals surface area contributed by atoms with Gasteiger partial charge in [-0.2, -0.15) is 0 Å². The molecule has 2 aliphatic heterocycles. The highest BCUT2D eigenvalue weighted by molar-refractivity contribution is 4.71. The summed E-state index contributed by atoms with van der Waals surface area (Å²) in [6.07, 6.45) is 8.44. The molecule has 2 heterocycles. The molecule has 0 bridgehead atoms. The van der Waals surface area contributed by atoms with Gasteiger partial charge in [0.25, 0.3) is 0 Å². The Bertz CT molecular complexity index is 210. The van der Waals surface area contributed by atoms with E-state index in [1.54, 1.807) is 0 Å². The van der Waals surface area contributed by atoms with Crippen molar-refractivity contribution in [2.75, 3.05) is 52.9 Å². The van der Waals surface area contributed by atoms with Gasteiger partial charge in [-0.3, -0.25) is 0 Å². The molecule has 0 aromatic carbocycles. The van der Waals surface area contributed by atoms with Crippen LogP contribution in [0.2, 0.25) is 0 Å². The summed E-state index contributed by atoms with van der Waals surface area (Å²) in [5.74, 6) is 0. The van der Waals surface area contributed by atoms with Gasteiger partial charge < -0.3 is 34.6 Å². The number of unbranched alkanes of at least 4 members (excludes halogenated alkanes) is 6. The van der Waals surface area contributed by atoms with Crippen molar-refractivity contribution < 1.29 is 34.6 Å². The first-order valence-corrected chi connectivity index (χ1v) is 9.52. The van der Waals surface area contributed by atoms with Crippen molar-refractivity contribution in [3.8, 4) is 0 Å². The molecular weight excluding hydrogens is 328 g/mol. The third-order valence-corrected chi connectivity index (χ3v) is 3.54. The molecule has 0 spiro atoms. The van der Waals surface area contributed by atoms with Crippen LogP contribution in [-0.4, -0.2) is 85.5 Å². The molecule has 0 aromatic heterocycles. The maximum absolute atomic E-state index is 8.30. The molecule has 2 rings (SSSR count). The topological polar surface area (TPSA) is 115 Å². The van der Waals surface area contributed by atoms with Crippen molar-refractivity contribution >= 4 is 0 Å². The number of rotatable bonds is 14. The molecule has 25 heavy (non-hydrogen) atoms. The van der Waals surface area contributed by atoms with Crippen molar-refractivity contribution in [1.82, 2.24) is 0 Å². The maximum Gasteiger partial charge on any atom is 0.104 e. The lowest BCUT2D eigenvalue weighted by Gasteiger charge is -1.95. The molecule has 7 heteroatoms. The normalized spacial score (nSPS) is 20.2. The zero-order chi connectivity index (χ0) is 18.6. The van der Waals surface area contributed by atoms with E-state index in [2.05, 4.69) is 0 Å². The molecular formula is C18H38O7. The molecule has 4 N–H and O–H groups in total. The van der Waals surface area contributed by atoms with Gasteiger partial charge in [-0.1, -0.05) is 25.7 Å². The van der Waals surface area contributed by atoms with Gasteiger partial charge in [0.15, 0.2) is 0 Å². The fraction of sp³-hybridized carbons (Fsp3) is 1.00. The molecule has 7 nitrogen and oxygen atoms in total. The lowest BCUT2D eigenvalue weighted by Crippen LogP contribution is -2.06. The number of aliphatic hydroxyl groups excluding tert-OH is 4. The number of epoxide rings is 2. The molecule has 2 atom stereocenters. The second-order valence-electron chi connectivity index (χ2n) is 6.17. The predicted molar refractivity (Wildman–Crippen MR) is 95.6 cm³/mol. The maximum atomic E-state index is 8.30. The first-order valence-electron chi connectivity index (χ1n) is 9.52. The summed E-state index contributed by atoms with van der Waals surface area (Å²) in [5, 5.41) is 33.2. The molecule has 0 aromatic rings. The average molecular weight is 366 g/mol. The monoisotopic (exact) mass is 366 g/mol. The van der Waals surface area contributed by atoms with E-state index >= 15 is 0 Å². The van der Waals surface area contributed by atoms with E-state index in [0.717, 1.165) is 77.8 Å². The fourth-order valence-electron chi connectivity index (χ4n) is 1.81. The van der Waals surface area contributed by atoms with Crippen LogP contribution >= 0.6 is 0 Å². The SMILES string of the molecule is C(OCC1CO1)C1CO1.OCCCCCCO.OCCCCCCO. The highest BCUT2D eigenvalue weighted by atomic mass is 16.6. The van der Waals surface area contributed by atoms with Gasteiger partial charge in [-0.15, -0.1) is 0 Å². The summed E-state index contributed by atoms with van der Waals surface area (Å²) in [6, 6.07) is 0. The molecule has 0 aliphatic carbocycles. The van der Waals surface area contributed by atoms with E-state index in [0.29, 0.717) is 12.2 Å². The van der Waals surface area contributed by atoms with Crippen LogP contribution in [0, 0.1) is 0 Å². The summed E-state index contributed by atoms with van der Waals surface area (Å²) in [5.41, 5.74) is 0. The number of aliphatic hydroxyl groups is 4. The van der Waals surface area contributed by atoms with Crippen LogP contribution in [0.4, 0.5) is 0 Å². The number of ether oxygens (including phenoxy) is 3. The smallest absolute Gasteiger partial charge is 0.104 e. The molecule has 2 fully saturated rings. The zero-order valence-electron chi connectivity index (χ0n) is 15.5. The lowest BCUT2D eigenvalue weighted by molar-refractivity contribution is 0.102. The summed E-state index contributed by atoms with van der Waals surface area (Å²) in [7, 11) is 0. The summed E-state index contributed by atoms with van der Waals surface area (Å²) < 4.78 is 15.1. The number of hydrogen-bond donors (Lipinski definition) is 4. The van der Waals surface area contributed by atoms with Gasteiger partial charge in [-0.05, 0) is 25.7 Å². The van der Waals surface area contributed by atoms with Crippen molar-refractivity contribution in [3.63, 3.8) is 0 Å². The van der Waals surface area contributed by atoms with Gasteiger partial charge in [0.05, 0.1) is 26.4 Å². The van der Waals surface area contributed by atoms with E-state index < -0.39 is 0 Å². The highest BCUT2D eigenvalue weighted by Gasteiger charge is 2.26. The summed E-state index contributed by atoms with van der Waals surface area (Å²) >= 11 is 0. The molecule has 2 aliphatic rings. The van der Waals surface area contributed by atoms with Crippen molar-refractivity contribution in [1.29, 1.82) is 0 Å². The van der Waals surface area contributed by atoms with Crippen molar-refractivity contribution in [3.05, 3.63) is 0 Å². The van der Waals surface area contributed by atoms with Crippen LogP contribution in [0.25, 0.3) is 0 Å². The first-order chi connectivity index (χ1) is 12.3. The molecule has 2 saturated heterocycles. The second kappa shape index (κ2) is 20.0. The largest absolute Gasteiger partial charge is 0.396 e. The van der Waals surface area contributed by atoms with Crippen LogP contribution < -0.4 is 0 Å². The van der Waals surface area contributed by atoms with Gasteiger partial charge in [0, 0.05) is 26.4 Å². The fourth-order valence-corrected chi connectivity index (χ4v) is 1.81. The Kier molecular flexibility index (Phi) is 19.8. The van der Waals surface area contributed by atoms with E-state index in [4.69, 9.17) is 34.6 Å². The van der Waals surface area contributed by atoms with Gasteiger partial charge in [-0.25, -0.2) is 0 Å². The molecule has 0 amide bonds. The molecule has 2 unspecified atom stereocenters. The van der Waals surface area contributed by atoms with E-state index in [1.165, 1.54) is 0 Å². The summed E-state index contributed by atoms with van der Waals surface area (Å²) in [4.78, 5) is 0. The molecule has 152 valence electrons. The van der Waals surface area contributed by atoms with Crippen molar-refractivity contribution in [2.24, 2.45) is 0 Å². The second-order valence-corrected chi connectivity index (χ2v) is 6.17. The Morgan fingerprint density at radius 1 is 0.560 bits per heavy atom. The molecule has 0 saturated carbocycles. The Hall–Kier alpha value is -0.280. The van der Waals surface area contributed by atoms with Gasteiger partial charge in [0.2, 0.25) is 0 Å². The third kappa shape index (κ3) is 23.7. The zero-order valence-corrected chi connectivity index (χ0v) is 15.5. The average Bonchev–Trinajstić information content (AvgIpc) is 3.53. The minimum Gasteiger partial charge on any atom is -0.396 e. The number of hydrogen-bond acceptors (Lipinski definition) is 7. The van der Waals surface area contributed by atoms with Crippen LogP contribution in [0.3, 0.4) is 0 Å². The summed E-state index contributed by atoms with van der Waals surface area (Å²) in [6.45, 7) is 4.39. The Labute approximate surface area is 151 Å². The van der Waals surface area contributed by atoms with Crippen LogP contribution in [-0.2, 0) is 14.2 Å². The van der Waals surface area contributed by atoms with E-state index in [9.17, 15) is 0 Å². The van der Waals surface area contributed by atoms with E-state index in [1.807, 2.05) is 0 Å². The Morgan fingerprint density at radius 3 is 1.04 bits per heavy atom. The minimum atomic E-state index is 0.283. The third-order valence-electron chi connectivity index (χ3n) is 3.54. The van der Waals surface area contributed by atoms with Crippen LogP contribution in [0.5, 0.6) is 0 Å². The van der Waals surface area contributed by atoms with Crippen LogP contribution in [0.1, 0.15) is 51.4 Å². The standard InChI is InChI=1S/C6H10O3.2C6H14O2/c1(5-3-8-5)7-2-6-4-9-6;2*7-5-3-1-2-4-6-8/h5-6H,1-4H2;2*7-8H,1-6H2. The molecule has 0 radical (unpaired) electrons. The first kappa shape index (κ1) is 24.7.